The molecule has 0 aromatic rings. The van der Waals surface area contributed by atoms with Crippen molar-refractivity contribution in [3.63, 3.8) is 0 Å². The van der Waals surface area contributed by atoms with Crippen LogP contribution in [0.25, 0.3) is 0 Å². The Morgan fingerprint density at radius 3 is 3.00 bits per heavy atom. The molecule has 0 aliphatic carbocycles. The van der Waals surface area contributed by atoms with E-state index in [0.29, 0.717) is 0 Å². The fourth-order valence-electron chi connectivity index (χ4n) is 1.34. The average molecular weight is 155 g/mol. The third-order valence-corrected chi connectivity index (χ3v) is 2.20. The topological polar surface area (TPSA) is 32.6 Å². The predicted octanol–water partition coefficient (Wildman–Crippen LogP) is 1.77. The van der Waals surface area contributed by atoms with Crippen molar-refractivity contribution in [1.82, 2.24) is 0 Å². The van der Waals surface area contributed by atoms with Crippen molar-refractivity contribution in [3.05, 3.63) is 0 Å². The Kier molecular flexibility index (Phi) is 3.57. The zero-order valence-corrected chi connectivity index (χ0v) is 7.21. The molecule has 0 fully saturated rings. The summed E-state index contributed by atoms with van der Waals surface area (Å²) in [6.07, 6.45) is 5.05. The van der Waals surface area contributed by atoms with Gasteiger partial charge in [0.05, 0.1) is 6.10 Å². The molecule has 1 heterocycles. The molecule has 1 aliphatic rings. The van der Waals surface area contributed by atoms with E-state index in [0.717, 1.165) is 32.2 Å². The van der Waals surface area contributed by atoms with E-state index in [2.05, 4.69) is 4.99 Å². The minimum Gasteiger partial charge on any atom is -0.393 e. The minimum atomic E-state index is -0.113. The zero-order chi connectivity index (χ0) is 8.10. The number of rotatable bonds is 4. The summed E-state index contributed by atoms with van der Waals surface area (Å²) in [5.41, 5.74) is 1.32. The maximum atomic E-state index is 9.26. The van der Waals surface area contributed by atoms with Crippen LogP contribution >= 0.6 is 0 Å². The second-order valence-electron chi connectivity index (χ2n) is 3.15. The van der Waals surface area contributed by atoms with Gasteiger partial charge in [-0.1, -0.05) is 6.92 Å². The smallest absolute Gasteiger partial charge is 0.0541 e. The van der Waals surface area contributed by atoms with Gasteiger partial charge in [-0.25, -0.2) is 0 Å². The maximum absolute atomic E-state index is 9.26. The highest BCUT2D eigenvalue weighted by atomic mass is 16.3. The molecule has 2 heteroatoms. The van der Waals surface area contributed by atoms with Crippen molar-refractivity contribution in [2.24, 2.45) is 4.99 Å². The summed E-state index contributed by atoms with van der Waals surface area (Å²) in [5, 5.41) is 9.26. The Hall–Kier alpha value is -0.370. The van der Waals surface area contributed by atoms with Gasteiger partial charge in [-0.2, -0.15) is 0 Å². The molecule has 2 nitrogen and oxygen atoms in total. The second kappa shape index (κ2) is 4.50. The molecule has 0 bridgehead atoms. The van der Waals surface area contributed by atoms with E-state index >= 15 is 0 Å². The molecule has 1 N–H and O–H groups in total. The van der Waals surface area contributed by atoms with Crippen LogP contribution in [-0.4, -0.2) is 23.5 Å². The molecule has 1 rings (SSSR count). The molecule has 11 heavy (non-hydrogen) atoms. The van der Waals surface area contributed by atoms with E-state index in [1.807, 2.05) is 6.92 Å². The summed E-state index contributed by atoms with van der Waals surface area (Å²) >= 11 is 0. The van der Waals surface area contributed by atoms with Crippen molar-refractivity contribution in [2.45, 2.75) is 45.1 Å². The number of hydrogen-bond acceptors (Lipinski definition) is 2. The van der Waals surface area contributed by atoms with Crippen LogP contribution in [-0.2, 0) is 0 Å². The lowest BCUT2D eigenvalue weighted by atomic mass is 10.1. The number of aliphatic imine (C=N–C) groups is 1. The summed E-state index contributed by atoms with van der Waals surface area (Å²) in [7, 11) is 0. The van der Waals surface area contributed by atoms with Crippen molar-refractivity contribution in [1.29, 1.82) is 0 Å². The van der Waals surface area contributed by atoms with E-state index in [-0.39, 0.29) is 6.10 Å². The van der Waals surface area contributed by atoms with Gasteiger partial charge in [-0.05, 0) is 32.1 Å². The van der Waals surface area contributed by atoms with Gasteiger partial charge in [0.25, 0.3) is 0 Å². The first-order valence-electron chi connectivity index (χ1n) is 4.53. The first kappa shape index (κ1) is 8.72. The molecular formula is C9H17NO. The lowest BCUT2D eigenvalue weighted by Gasteiger charge is -2.06. The highest BCUT2D eigenvalue weighted by molar-refractivity contribution is 5.85. The van der Waals surface area contributed by atoms with Crippen molar-refractivity contribution >= 4 is 5.71 Å². The first-order chi connectivity index (χ1) is 5.33. The molecule has 0 spiro atoms. The fraction of sp³-hybridized carbons (Fsp3) is 0.889. The van der Waals surface area contributed by atoms with Crippen molar-refractivity contribution in [3.8, 4) is 0 Å². The predicted molar refractivity (Wildman–Crippen MR) is 47.1 cm³/mol. The molecule has 0 aromatic carbocycles. The highest BCUT2D eigenvalue weighted by Gasteiger charge is 2.08. The van der Waals surface area contributed by atoms with E-state index in [9.17, 15) is 5.11 Å². The summed E-state index contributed by atoms with van der Waals surface area (Å²) in [6.45, 7) is 3.03. The molecule has 1 atom stereocenters. The van der Waals surface area contributed by atoms with Crippen molar-refractivity contribution in [2.75, 3.05) is 6.54 Å². The van der Waals surface area contributed by atoms with Gasteiger partial charge in [0.15, 0.2) is 0 Å². The van der Waals surface area contributed by atoms with Crippen LogP contribution in [0.3, 0.4) is 0 Å². The van der Waals surface area contributed by atoms with E-state index in [4.69, 9.17) is 0 Å². The summed E-state index contributed by atoms with van der Waals surface area (Å²) in [4.78, 5) is 4.35. The fourth-order valence-corrected chi connectivity index (χ4v) is 1.34. The van der Waals surface area contributed by atoms with Gasteiger partial charge in [-0.3, -0.25) is 4.99 Å². The standard InChI is InChI=1S/C9H17NO/c1-2-9(11)6-5-8-4-3-7-10-8/h9,11H,2-7H2,1H3. The van der Waals surface area contributed by atoms with Crippen molar-refractivity contribution < 1.29 is 5.11 Å². The number of nitrogens with zero attached hydrogens (tertiary/aromatic N) is 1. The van der Waals surface area contributed by atoms with Crippen LogP contribution in [0.4, 0.5) is 0 Å². The van der Waals surface area contributed by atoms with Crippen LogP contribution in [0.1, 0.15) is 39.0 Å². The van der Waals surface area contributed by atoms with Gasteiger partial charge in [0.2, 0.25) is 0 Å². The van der Waals surface area contributed by atoms with Crippen LogP contribution in [0.15, 0.2) is 4.99 Å². The summed E-state index contributed by atoms with van der Waals surface area (Å²) in [5.74, 6) is 0. The largest absolute Gasteiger partial charge is 0.393 e. The van der Waals surface area contributed by atoms with Crippen LogP contribution in [0.5, 0.6) is 0 Å². The quantitative estimate of drug-likeness (QED) is 0.659. The molecule has 0 radical (unpaired) electrons. The first-order valence-corrected chi connectivity index (χ1v) is 4.53. The highest BCUT2D eigenvalue weighted by Crippen LogP contribution is 2.11. The Balaban J connectivity index is 2.11. The average Bonchev–Trinajstić information content (AvgIpc) is 2.52. The van der Waals surface area contributed by atoms with Gasteiger partial charge in [0.1, 0.15) is 0 Å². The minimum absolute atomic E-state index is 0.113. The van der Waals surface area contributed by atoms with Crippen LogP contribution in [0.2, 0.25) is 0 Å². The summed E-state index contributed by atoms with van der Waals surface area (Å²) in [6, 6.07) is 0. The Morgan fingerprint density at radius 2 is 2.45 bits per heavy atom. The molecule has 0 aromatic heterocycles. The molecule has 0 saturated carbocycles. The number of aliphatic hydroxyl groups is 1. The molecule has 1 unspecified atom stereocenters. The lowest BCUT2D eigenvalue weighted by molar-refractivity contribution is 0.162. The number of aliphatic hydroxyl groups excluding tert-OH is 1. The van der Waals surface area contributed by atoms with Crippen LogP contribution in [0, 0.1) is 0 Å². The number of hydrogen-bond donors (Lipinski definition) is 1. The van der Waals surface area contributed by atoms with E-state index in [1.54, 1.807) is 0 Å². The molecule has 1 aliphatic heterocycles. The molecule has 0 amide bonds. The maximum Gasteiger partial charge on any atom is 0.0541 e. The van der Waals surface area contributed by atoms with Gasteiger partial charge < -0.3 is 5.11 Å². The Morgan fingerprint density at radius 1 is 1.64 bits per heavy atom. The molecular weight excluding hydrogens is 138 g/mol. The zero-order valence-electron chi connectivity index (χ0n) is 7.21. The van der Waals surface area contributed by atoms with Gasteiger partial charge >= 0.3 is 0 Å². The Bertz CT molecular complexity index is 142. The molecule has 64 valence electrons. The van der Waals surface area contributed by atoms with Gasteiger partial charge in [-0.15, -0.1) is 0 Å². The van der Waals surface area contributed by atoms with Gasteiger partial charge in [0, 0.05) is 12.3 Å². The summed E-state index contributed by atoms with van der Waals surface area (Å²) < 4.78 is 0. The third kappa shape index (κ3) is 3.02. The monoisotopic (exact) mass is 155 g/mol. The Labute approximate surface area is 68.3 Å². The third-order valence-electron chi connectivity index (χ3n) is 2.20. The lowest BCUT2D eigenvalue weighted by Crippen LogP contribution is -2.06. The molecule has 0 saturated heterocycles. The van der Waals surface area contributed by atoms with E-state index in [1.165, 1.54) is 12.1 Å². The van der Waals surface area contributed by atoms with Crippen LogP contribution < -0.4 is 0 Å². The van der Waals surface area contributed by atoms with E-state index < -0.39 is 0 Å². The SMILES string of the molecule is CCC(O)CCC1=NCCC1. The normalized spacial score (nSPS) is 20.0. The second-order valence-corrected chi connectivity index (χ2v) is 3.15.